The van der Waals surface area contributed by atoms with E-state index in [9.17, 15) is 19.0 Å². The van der Waals surface area contributed by atoms with Crippen LogP contribution in [-0.4, -0.2) is 74.9 Å². The van der Waals surface area contributed by atoms with E-state index in [0.29, 0.717) is 17.4 Å². The molecule has 0 saturated heterocycles. The van der Waals surface area contributed by atoms with Crippen molar-refractivity contribution in [1.29, 1.82) is 0 Å². The van der Waals surface area contributed by atoms with Crippen LogP contribution in [0.15, 0.2) is 85.1 Å². The molecule has 2 atom stereocenters. The van der Waals surface area contributed by atoms with Crippen LogP contribution in [0.4, 0.5) is 0 Å². The van der Waals surface area contributed by atoms with Crippen molar-refractivity contribution in [2.75, 3.05) is 47.5 Å². The number of nitrogens with zero attached hydrogens (tertiary/aromatic N) is 1. The van der Waals surface area contributed by atoms with Gasteiger partial charge in [-0.1, -0.05) is 214 Å². The summed E-state index contributed by atoms with van der Waals surface area (Å²) in [5.74, 6) is -0.810. The Kier molecular flexibility index (Phi) is 48.1. The average molecular weight is 987 g/mol. The lowest BCUT2D eigenvalue weighted by Gasteiger charge is -2.24. The Morgan fingerprint density at radius 1 is 0.464 bits per heavy atom. The highest BCUT2D eigenvalue weighted by atomic mass is 31.2. The zero-order valence-corrected chi connectivity index (χ0v) is 45.9. The number of allylic oxidation sites excluding steroid dienone is 14. The summed E-state index contributed by atoms with van der Waals surface area (Å²) < 4.78 is 34.4. The van der Waals surface area contributed by atoms with E-state index in [4.69, 9.17) is 18.5 Å². The molecule has 9 nitrogen and oxygen atoms in total. The van der Waals surface area contributed by atoms with Crippen LogP contribution in [0.1, 0.15) is 226 Å². The van der Waals surface area contributed by atoms with Crippen LogP contribution in [0.3, 0.4) is 0 Å². The number of rotatable bonds is 50. The van der Waals surface area contributed by atoms with E-state index < -0.39 is 26.5 Å². The Balaban J connectivity index is 3.99. The van der Waals surface area contributed by atoms with Gasteiger partial charge in [-0.05, 0) is 83.5 Å². The number of carbonyl (C=O) groups excluding carboxylic acids is 2. The molecule has 10 heteroatoms. The van der Waals surface area contributed by atoms with Gasteiger partial charge in [-0.2, -0.15) is 0 Å². The number of hydrogen-bond donors (Lipinski definition) is 1. The summed E-state index contributed by atoms with van der Waals surface area (Å²) in [6, 6.07) is 0. The summed E-state index contributed by atoms with van der Waals surface area (Å²) in [7, 11) is 1.47. The first-order chi connectivity index (χ1) is 33.5. The second kappa shape index (κ2) is 50.1. The standard InChI is InChI=1S/C59H104NO8P/c1-6-8-10-12-14-16-18-19-20-21-22-23-24-25-26-27-28-29-30-31-32-33-34-35-36-37-38-39-40-41-42-44-46-48-50-52-59(62)68-57(56-67-69(63,64)66-54-53-60(3,4)5)55-65-58(61)51-49-47-45-43-17-15-13-11-9-7-2/h8,10-11,13-14,16,19-20,22-23,25-26,28-29,57H,6-7,9,12,15,17-18,21,24,27,30-56H2,1-5H3/p+1/b10-8-,13-11-,16-14-,20-19-,23-22-,26-25-,29-28-. The van der Waals surface area contributed by atoms with Crippen LogP contribution in [0.2, 0.25) is 0 Å². The van der Waals surface area contributed by atoms with Crippen LogP contribution in [0, 0.1) is 0 Å². The fraction of sp³-hybridized carbons (Fsp3) is 0.729. The van der Waals surface area contributed by atoms with Gasteiger partial charge in [0.25, 0.3) is 0 Å². The summed E-state index contributed by atoms with van der Waals surface area (Å²) in [5.41, 5.74) is 0. The minimum Gasteiger partial charge on any atom is -0.462 e. The summed E-state index contributed by atoms with van der Waals surface area (Å²) in [5, 5.41) is 0. The molecule has 0 aliphatic heterocycles. The molecule has 398 valence electrons. The van der Waals surface area contributed by atoms with Gasteiger partial charge >= 0.3 is 19.8 Å². The third kappa shape index (κ3) is 54.4. The molecule has 0 amide bonds. The lowest BCUT2D eigenvalue weighted by Crippen LogP contribution is -2.37. The Bertz CT molecular complexity index is 1440. The first-order valence-electron chi connectivity index (χ1n) is 27.8. The minimum atomic E-state index is -4.38. The molecule has 0 saturated carbocycles. The van der Waals surface area contributed by atoms with Crippen molar-refractivity contribution in [2.45, 2.75) is 232 Å². The van der Waals surface area contributed by atoms with Gasteiger partial charge in [-0.15, -0.1) is 0 Å². The first kappa shape index (κ1) is 66.2. The summed E-state index contributed by atoms with van der Waals surface area (Å²) in [6.45, 7) is 4.24. The molecule has 0 spiro atoms. The largest absolute Gasteiger partial charge is 0.472 e. The maximum absolute atomic E-state index is 12.8. The van der Waals surface area contributed by atoms with Crippen molar-refractivity contribution >= 4 is 19.8 Å². The van der Waals surface area contributed by atoms with Crippen LogP contribution < -0.4 is 0 Å². The average Bonchev–Trinajstić information content (AvgIpc) is 3.31. The first-order valence-corrected chi connectivity index (χ1v) is 29.3. The predicted molar refractivity (Wildman–Crippen MR) is 293 cm³/mol. The number of phosphoric acid groups is 1. The highest BCUT2D eigenvalue weighted by Gasteiger charge is 2.27. The molecule has 0 aliphatic rings. The van der Waals surface area contributed by atoms with Gasteiger partial charge in [0.1, 0.15) is 19.8 Å². The zero-order chi connectivity index (χ0) is 50.6. The van der Waals surface area contributed by atoms with Gasteiger partial charge in [0, 0.05) is 12.8 Å². The van der Waals surface area contributed by atoms with E-state index in [1.807, 2.05) is 21.1 Å². The Hall–Kier alpha value is -2.81. The Morgan fingerprint density at radius 2 is 0.826 bits per heavy atom. The van der Waals surface area contributed by atoms with Crippen molar-refractivity contribution < 1.29 is 42.1 Å². The third-order valence-electron chi connectivity index (χ3n) is 11.6. The number of carbonyl (C=O) groups is 2. The van der Waals surface area contributed by atoms with Gasteiger partial charge in [-0.25, -0.2) is 4.57 Å². The summed E-state index contributed by atoms with van der Waals surface area (Å²) >= 11 is 0. The number of ether oxygens (including phenoxy) is 2. The van der Waals surface area contributed by atoms with E-state index in [0.717, 1.165) is 103 Å². The smallest absolute Gasteiger partial charge is 0.462 e. The quantitative estimate of drug-likeness (QED) is 0.0211. The zero-order valence-electron chi connectivity index (χ0n) is 45.0. The maximum atomic E-state index is 12.8. The minimum absolute atomic E-state index is 0.0285. The summed E-state index contributed by atoms with van der Waals surface area (Å²) in [4.78, 5) is 35.5. The number of hydrogen-bond acceptors (Lipinski definition) is 7. The van der Waals surface area contributed by atoms with Crippen LogP contribution in [0.25, 0.3) is 0 Å². The molecule has 0 aromatic carbocycles. The topological polar surface area (TPSA) is 108 Å². The molecule has 0 bridgehead atoms. The van der Waals surface area contributed by atoms with Crippen LogP contribution in [0.5, 0.6) is 0 Å². The predicted octanol–water partition coefficient (Wildman–Crippen LogP) is 17.1. The molecule has 0 fully saturated rings. The van der Waals surface area contributed by atoms with E-state index >= 15 is 0 Å². The molecule has 69 heavy (non-hydrogen) atoms. The number of quaternary nitrogens is 1. The molecule has 0 aromatic rings. The van der Waals surface area contributed by atoms with Crippen molar-refractivity contribution in [1.82, 2.24) is 0 Å². The number of esters is 2. The van der Waals surface area contributed by atoms with Gasteiger partial charge in [-0.3, -0.25) is 18.6 Å². The monoisotopic (exact) mass is 987 g/mol. The molecule has 0 aromatic heterocycles. The lowest BCUT2D eigenvalue weighted by atomic mass is 10.0. The highest BCUT2D eigenvalue weighted by Crippen LogP contribution is 2.43. The lowest BCUT2D eigenvalue weighted by molar-refractivity contribution is -0.870. The van der Waals surface area contributed by atoms with Gasteiger partial charge < -0.3 is 18.9 Å². The fourth-order valence-corrected chi connectivity index (χ4v) is 8.12. The molecule has 0 heterocycles. The van der Waals surface area contributed by atoms with E-state index in [2.05, 4.69) is 98.9 Å². The van der Waals surface area contributed by atoms with Crippen molar-refractivity contribution in [2.24, 2.45) is 0 Å². The van der Waals surface area contributed by atoms with E-state index in [-0.39, 0.29) is 32.0 Å². The van der Waals surface area contributed by atoms with Gasteiger partial charge in [0.2, 0.25) is 0 Å². The number of likely N-dealkylation sites (N-methyl/N-ethyl adjacent to an activating group) is 1. The van der Waals surface area contributed by atoms with Crippen LogP contribution in [-0.2, 0) is 32.7 Å². The molecule has 2 unspecified atom stereocenters. The third-order valence-corrected chi connectivity index (χ3v) is 12.6. The van der Waals surface area contributed by atoms with E-state index in [1.165, 1.54) is 89.9 Å². The molecular weight excluding hydrogens is 882 g/mol. The number of unbranched alkanes of at least 4 members (excludes halogenated alkanes) is 22. The second-order valence-electron chi connectivity index (χ2n) is 19.6. The SMILES string of the molecule is CC/C=C\C/C=C\C/C=C\C/C=C\C/C=C\C/C=C\CCCCCCCCCCCCCCCCCCC(=O)OC(COC(=O)CCCCCCC/C=C\CCC)COP(=O)(O)OCC[N+](C)(C)C. The molecule has 1 N–H and O–H groups in total. The molecule has 0 radical (unpaired) electrons. The number of phosphoric ester groups is 1. The fourth-order valence-electron chi connectivity index (χ4n) is 7.37. The van der Waals surface area contributed by atoms with Crippen molar-refractivity contribution in [3.63, 3.8) is 0 Å². The van der Waals surface area contributed by atoms with Crippen molar-refractivity contribution in [3.05, 3.63) is 85.1 Å². The molecule has 0 aliphatic carbocycles. The molecule has 0 rings (SSSR count). The highest BCUT2D eigenvalue weighted by molar-refractivity contribution is 7.47. The molecular formula is C59H105NO8P+. The second-order valence-corrected chi connectivity index (χ2v) is 21.0. The van der Waals surface area contributed by atoms with Crippen LogP contribution >= 0.6 is 7.82 Å². The van der Waals surface area contributed by atoms with Crippen molar-refractivity contribution in [3.8, 4) is 0 Å². The van der Waals surface area contributed by atoms with Gasteiger partial charge in [0.15, 0.2) is 6.10 Å². The van der Waals surface area contributed by atoms with Gasteiger partial charge in [0.05, 0.1) is 27.7 Å². The Labute approximate surface area is 424 Å². The maximum Gasteiger partial charge on any atom is 0.472 e. The summed E-state index contributed by atoms with van der Waals surface area (Å²) in [6.07, 6.45) is 66.7. The van der Waals surface area contributed by atoms with E-state index in [1.54, 1.807) is 0 Å². The Morgan fingerprint density at radius 3 is 1.25 bits per heavy atom. The normalized spacial score (nSPS) is 14.0.